The summed E-state index contributed by atoms with van der Waals surface area (Å²) in [5.41, 5.74) is 3.27. The molecule has 1 aliphatic heterocycles. The van der Waals surface area contributed by atoms with Crippen molar-refractivity contribution in [2.45, 2.75) is 18.4 Å². The molecule has 0 bridgehead atoms. The number of nitro benzene ring substituents is 1. The van der Waals surface area contributed by atoms with E-state index in [0.717, 1.165) is 23.2 Å². The number of nitrogens with one attached hydrogen (secondary N) is 1. The first-order chi connectivity index (χ1) is 12.0. The summed E-state index contributed by atoms with van der Waals surface area (Å²) >= 11 is 0. The van der Waals surface area contributed by atoms with Gasteiger partial charge in [0.1, 0.15) is 0 Å². The van der Waals surface area contributed by atoms with E-state index in [9.17, 15) is 20.0 Å². The van der Waals surface area contributed by atoms with Gasteiger partial charge in [0.05, 0.1) is 16.5 Å². The van der Waals surface area contributed by atoms with Crippen molar-refractivity contribution >= 4 is 17.3 Å². The smallest absolute Gasteiger partial charge is 0.335 e. The molecule has 0 radical (unpaired) electrons. The minimum Gasteiger partial charge on any atom is -0.478 e. The molecule has 2 aromatic carbocycles. The number of carboxylic acids is 1. The average Bonchev–Trinajstić information content (AvgIpc) is 3.10. The molecule has 0 unspecified atom stereocenters. The van der Waals surface area contributed by atoms with Gasteiger partial charge in [0.15, 0.2) is 0 Å². The number of anilines is 1. The number of carbonyl (C=O) groups is 1. The van der Waals surface area contributed by atoms with Gasteiger partial charge in [-0.15, -0.1) is 0 Å². The first-order valence-corrected chi connectivity index (χ1v) is 8.09. The zero-order chi connectivity index (χ0) is 17.6. The van der Waals surface area contributed by atoms with Crippen molar-refractivity contribution in [3.63, 3.8) is 0 Å². The van der Waals surface area contributed by atoms with Crippen molar-refractivity contribution in [2.75, 3.05) is 5.32 Å². The zero-order valence-corrected chi connectivity index (χ0v) is 13.3. The van der Waals surface area contributed by atoms with Crippen molar-refractivity contribution in [1.29, 1.82) is 0 Å². The second-order valence-corrected chi connectivity index (χ2v) is 6.43. The Balaban J connectivity index is 1.72. The van der Waals surface area contributed by atoms with Gasteiger partial charge in [-0.2, -0.15) is 0 Å². The van der Waals surface area contributed by atoms with Crippen LogP contribution in [-0.4, -0.2) is 16.0 Å². The maximum atomic E-state index is 11.3. The first kappa shape index (κ1) is 15.4. The van der Waals surface area contributed by atoms with Crippen molar-refractivity contribution in [2.24, 2.45) is 5.92 Å². The van der Waals surface area contributed by atoms with E-state index < -0.39 is 10.9 Å². The van der Waals surface area contributed by atoms with Gasteiger partial charge in [-0.05, 0) is 41.7 Å². The van der Waals surface area contributed by atoms with Crippen LogP contribution in [0, 0.1) is 16.0 Å². The lowest BCUT2D eigenvalue weighted by Gasteiger charge is -2.37. The number of nitrogens with zero attached hydrogens (tertiary/aromatic N) is 1. The monoisotopic (exact) mass is 336 g/mol. The van der Waals surface area contributed by atoms with E-state index in [2.05, 4.69) is 17.5 Å². The normalized spacial score (nSPS) is 23.4. The van der Waals surface area contributed by atoms with Crippen molar-refractivity contribution in [1.82, 2.24) is 0 Å². The summed E-state index contributed by atoms with van der Waals surface area (Å²) in [7, 11) is 0. The summed E-state index contributed by atoms with van der Waals surface area (Å²) < 4.78 is 0. The second-order valence-electron chi connectivity index (χ2n) is 6.43. The first-order valence-electron chi connectivity index (χ1n) is 8.09. The van der Waals surface area contributed by atoms with E-state index in [-0.39, 0.29) is 29.1 Å². The predicted octanol–water partition coefficient (Wildman–Crippen LogP) is 4.12. The number of hydrogen-bond donors (Lipinski definition) is 2. The highest BCUT2D eigenvalue weighted by Crippen LogP contribution is 2.50. The Bertz CT molecular complexity index is 889. The minimum absolute atomic E-state index is 0.0315. The van der Waals surface area contributed by atoms with Gasteiger partial charge >= 0.3 is 5.97 Å². The Hall–Kier alpha value is -3.15. The van der Waals surface area contributed by atoms with Crippen LogP contribution in [0.25, 0.3) is 0 Å². The Morgan fingerprint density at radius 1 is 1.20 bits per heavy atom. The SMILES string of the molecule is O=C(O)c1ccc2c(c1)[C@@H]1C=CC[C@@H]1[C@@H](c1ccc([N+](=O)[O-])cc1)N2. The molecule has 0 saturated heterocycles. The van der Waals surface area contributed by atoms with Gasteiger partial charge in [0, 0.05) is 23.7 Å². The van der Waals surface area contributed by atoms with Crippen LogP contribution < -0.4 is 5.32 Å². The fourth-order valence-corrected chi connectivity index (χ4v) is 3.86. The summed E-state index contributed by atoms with van der Waals surface area (Å²) in [5.74, 6) is -0.521. The third-order valence-electron chi connectivity index (χ3n) is 5.07. The molecule has 1 heterocycles. The van der Waals surface area contributed by atoms with Crippen LogP contribution in [0.4, 0.5) is 11.4 Å². The van der Waals surface area contributed by atoms with Crippen LogP contribution in [-0.2, 0) is 0 Å². The van der Waals surface area contributed by atoms with Gasteiger partial charge in [-0.3, -0.25) is 10.1 Å². The zero-order valence-electron chi connectivity index (χ0n) is 13.3. The summed E-state index contributed by atoms with van der Waals surface area (Å²) in [6.45, 7) is 0. The molecule has 1 aliphatic carbocycles. The molecule has 0 saturated carbocycles. The van der Waals surface area contributed by atoms with E-state index in [1.807, 2.05) is 0 Å². The highest BCUT2D eigenvalue weighted by atomic mass is 16.6. The fourth-order valence-electron chi connectivity index (χ4n) is 3.86. The molecule has 2 N–H and O–H groups in total. The lowest BCUT2D eigenvalue weighted by atomic mass is 9.76. The van der Waals surface area contributed by atoms with Crippen LogP contribution >= 0.6 is 0 Å². The highest BCUT2D eigenvalue weighted by molar-refractivity contribution is 5.89. The number of rotatable bonds is 3. The highest BCUT2D eigenvalue weighted by Gasteiger charge is 2.38. The molecule has 0 aromatic heterocycles. The van der Waals surface area contributed by atoms with E-state index in [4.69, 9.17) is 0 Å². The van der Waals surface area contributed by atoms with Gasteiger partial charge < -0.3 is 10.4 Å². The maximum absolute atomic E-state index is 11.3. The van der Waals surface area contributed by atoms with Gasteiger partial charge in [0.25, 0.3) is 5.69 Å². The number of carboxylic acid groups (broad SMARTS) is 1. The largest absolute Gasteiger partial charge is 0.478 e. The number of benzene rings is 2. The molecule has 0 fully saturated rings. The average molecular weight is 336 g/mol. The third-order valence-corrected chi connectivity index (χ3v) is 5.07. The van der Waals surface area contributed by atoms with Crippen LogP contribution in [0.2, 0.25) is 0 Å². The molecular weight excluding hydrogens is 320 g/mol. The van der Waals surface area contributed by atoms with Crippen LogP contribution in [0.5, 0.6) is 0 Å². The molecule has 2 aromatic rings. The predicted molar refractivity (Wildman–Crippen MR) is 92.8 cm³/mol. The van der Waals surface area contributed by atoms with Crippen LogP contribution in [0.1, 0.15) is 39.9 Å². The number of aromatic carboxylic acids is 1. The minimum atomic E-state index is -0.932. The van der Waals surface area contributed by atoms with Gasteiger partial charge in [-0.25, -0.2) is 4.79 Å². The van der Waals surface area contributed by atoms with Gasteiger partial charge in [-0.1, -0.05) is 24.3 Å². The van der Waals surface area contributed by atoms with Crippen LogP contribution in [0.3, 0.4) is 0 Å². The standard InChI is InChI=1S/C19H16N2O4/c22-19(23)12-6-9-17-16(10-12)14-2-1-3-15(14)18(20-17)11-4-7-13(8-5-11)21(24)25/h1-2,4-10,14-15,18,20H,3H2,(H,22,23)/t14-,15+,18-/m1/s1. The summed E-state index contributed by atoms with van der Waals surface area (Å²) in [6, 6.07) is 11.8. The van der Waals surface area contributed by atoms with E-state index >= 15 is 0 Å². The molecule has 126 valence electrons. The third kappa shape index (κ3) is 2.55. The maximum Gasteiger partial charge on any atom is 0.335 e. The number of non-ortho nitro benzene ring substituents is 1. The number of hydrogen-bond acceptors (Lipinski definition) is 4. The lowest BCUT2D eigenvalue weighted by molar-refractivity contribution is -0.384. The number of nitro groups is 1. The summed E-state index contributed by atoms with van der Waals surface area (Å²) in [4.78, 5) is 21.7. The van der Waals surface area contributed by atoms with E-state index in [1.165, 1.54) is 12.1 Å². The van der Waals surface area contributed by atoms with E-state index in [0.29, 0.717) is 0 Å². The molecular formula is C19H16N2O4. The van der Waals surface area contributed by atoms with Crippen molar-refractivity contribution in [3.8, 4) is 0 Å². The molecule has 3 atom stereocenters. The molecule has 0 spiro atoms. The Morgan fingerprint density at radius 3 is 2.64 bits per heavy atom. The molecule has 6 heteroatoms. The molecule has 4 rings (SSSR count). The topological polar surface area (TPSA) is 92.5 Å². The lowest BCUT2D eigenvalue weighted by Crippen LogP contribution is -2.29. The number of fused-ring (bicyclic) bond motifs is 3. The molecule has 6 nitrogen and oxygen atoms in total. The quantitative estimate of drug-likeness (QED) is 0.500. The Labute approximate surface area is 144 Å². The number of allylic oxidation sites excluding steroid dienone is 2. The van der Waals surface area contributed by atoms with Crippen molar-refractivity contribution < 1.29 is 14.8 Å². The molecule has 0 amide bonds. The van der Waals surface area contributed by atoms with Crippen LogP contribution in [0.15, 0.2) is 54.6 Å². The van der Waals surface area contributed by atoms with E-state index in [1.54, 1.807) is 30.3 Å². The Kier molecular flexibility index (Phi) is 3.53. The second kappa shape index (κ2) is 5.73. The molecule has 25 heavy (non-hydrogen) atoms. The summed E-state index contributed by atoms with van der Waals surface area (Å²) in [5, 5.41) is 23.6. The summed E-state index contributed by atoms with van der Waals surface area (Å²) in [6.07, 6.45) is 5.14. The fraction of sp³-hybridized carbons (Fsp3) is 0.211. The van der Waals surface area contributed by atoms with Gasteiger partial charge in [0.2, 0.25) is 0 Å². The Morgan fingerprint density at radius 2 is 1.96 bits per heavy atom. The molecule has 2 aliphatic rings. The van der Waals surface area contributed by atoms with Crippen molar-refractivity contribution in [3.05, 3.63) is 81.4 Å².